The van der Waals surface area contributed by atoms with Gasteiger partial charge in [0, 0.05) is 31.3 Å². The van der Waals surface area contributed by atoms with Gasteiger partial charge in [-0.3, -0.25) is 0 Å². The highest BCUT2D eigenvalue weighted by atomic mass is 32.1. The van der Waals surface area contributed by atoms with E-state index in [-0.39, 0.29) is 0 Å². The van der Waals surface area contributed by atoms with Gasteiger partial charge in [-0.1, -0.05) is 109 Å². The minimum Gasteiger partial charge on any atom is -0.143 e. The summed E-state index contributed by atoms with van der Waals surface area (Å²) in [5.74, 6) is 0. The summed E-state index contributed by atoms with van der Waals surface area (Å²) >= 11 is 5.47. The molecule has 294 valence electrons. The van der Waals surface area contributed by atoms with Crippen LogP contribution in [0.25, 0.3) is 129 Å². The molecular formula is C60H36S3. The SMILES string of the molecule is c1ccc2cc3cc(-c4sccc4-c4cc(-c5ccsc5-c5ccc6cc7ccccc7cc6c5)cc(-c5ccsc5-c5ccc6cc7ccccc7cc6c5)c4)ccc3cc2c1. The van der Waals surface area contributed by atoms with Crippen molar-refractivity contribution in [1.29, 1.82) is 0 Å². The molecule has 0 N–H and O–H groups in total. The summed E-state index contributed by atoms with van der Waals surface area (Å²) in [6.45, 7) is 0. The minimum absolute atomic E-state index is 1.22. The van der Waals surface area contributed by atoms with E-state index in [2.05, 4.69) is 216 Å². The molecule has 0 aliphatic heterocycles. The number of hydrogen-bond acceptors (Lipinski definition) is 3. The summed E-state index contributed by atoms with van der Waals surface area (Å²) in [5, 5.41) is 22.0. The maximum absolute atomic E-state index is 2.43. The third-order valence-corrected chi connectivity index (χ3v) is 15.7. The molecule has 10 aromatic carbocycles. The highest BCUT2D eigenvalue weighted by Crippen LogP contribution is 2.47. The zero-order chi connectivity index (χ0) is 41.4. The molecule has 0 atom stereocenters. The van der Waals surface area contributed by atoms with Crippen LogP contribution in [0.15, 0.2) is 216 Å². The smallest absolute Gasteiger partial charge is 0.0421 e. The molecule has 3 aromatic heterocycles. The van der Waals surface area contributed by atoms with E-state index in [9.17, 15) is 0 Å². The van der Waals surface area contributed by atoms with Gasteiger partial charge >= 0.3 is 0 Å². The molecular weight excluding hydrogens is 817 g/mol. The van der Waals surface area contributed by atoms with Gasteiger partial charge < -0.3 is 0 Å². The average molecular weight is 853 g/mol. The third-order valence-electron chi connectivity index (χ3n) is 12.8. The lowest BCUT2D eigenvalue weighted by Gasteiger charge is -2.14. The number of rotatable bonds is 6. The predicted octanol–water partition coefficient (Wildman–Crippen LogP) is 18.8. The molecule has 0 bridgehead atoms. The van der Waals surface area contributed by atoms with Crippen LogP contribution < -0.4 is 0 Å². The van der Waals surface area contributed by atoms with Crippen LogP contribution in [-0.4, -0.2) is 0 Å². The first-order valence-corrected chi connectivity index (χ1v) is 24.0. The molecule has 3 heteroatoms. The molecule has 0 fully saturated rings. The molecule has 3 heterocycles. The fourth-order valence-corrected chi connectivity index (χ4v) is 12.4. The van der Waals surface area contributed by atoms with Gasteiger partial charge in [0.05, 0.1) is 0 Å². The average Bonchev–Trinajstić information content (AvgIpc) is 4.14. The van der Waals surface area contributed by atoms with Gasteiger partial charge in [0.25, 0.3) is 0 Å². The molecule has 63 heavy (non-hydrogen) atoms. The number of benzene rings is 10. The van der Waals surface area contributed by atoms with Gasteiger partial charge in [-0.05, 0) is 205 Å². The normalized spacial score (nSPS) is 11.8. The van der Waals surface area contributed by atoms with Crippen molar-refractivity contribution in [3.63, 3.8) is 0 Å². The van der Waals surface area contributed by atoms with Crippen LogP contribution >= 0.6 is 34.0 Å². The Kier molecular flexibility index (Phi) is 8.55. The van der Waals surface area contributed by atoms with Crippen LogP contribution in [-0.2, 0) is 0 Å². The second kappa shape index (κ2) is 14.8. The van der Waals surface area contributed by atoms with Crippen molar-refractivity contribution < 1.29 is 0 Å². The van der Waals surface area contributed by atoms with Crippen molar-refractivity contribution in [1.82, 2.24) is 0 Å². The van der Waals surface area contributed by atoms with E-state index in [0.29, 0.717) is 0 Å². The van der Waals surface area contributed by atoms with Crippen LogP contribution in [0.2, 0.25) is 0 Å². The fraction of sp³-hybridized carbons (Fsp3) is 0. The van der Waals surface area contributed by atoms with Gasteiger partial charge in [0.1, 0.15) is 0 Å². The van der Waals surface area contributed by atoms with Gasteiger partial charge in [0.2, 0.25) is 0 Å². The van der Waals surface area contributed by atoms with E-state index in [4.69, 9.17) is 0 Å². The summed E-state index contributed by atoms with van der Waals surface area (Å²) in [4.78, 5) is 3.85. The summed E-state index contributed by atoms with van der Waals surface area (Å²) in [5.41, 5.74) is 11.2. The fourth-order valence-electron chi connectivity index (χ4n) is 9.62. The Bertz CT molecular complexity index is 3510. The molecule has 0 unspecified atom stereocenters. The first-order chi connectivity index (χ1) is 31.1. The number of thiophene rings is 3. The second-order valence-electron chi connectivity index (χ2n) is 16.6. The van der Waals surface area contributed by atoms with Crippen LogP contribution in [0, 0.1) is 0 Å². The summed E-state index contributed by atoms with van der Waals surface area (Å²) in [7, 11) is 0. The zero-order valence-corrected chi connectivity index (χ0v) is 36.5. The Morgan fingerprint density at radius 2 is 0.444 bits per heavy atom. The Labute approximate surface area is 377 Å². The predicted molar refractivity (Wildman–Crippen MR) is 278 cm³/mol. The summed E-state index contributed by atoms with van der Waals surface area (Å²) < 4.78 is 0. The first kappa shape index (κ1) is 36.5. The zero-order valence-electron chi connectivity index (χ0n) is 34.0. The van der Waals surface area contributed by atoms with Gasteiger partial charge in [-0.15, -0.1) is 34.0 Å². The van der Waals surface area contributed by atoms with E-state index in [1.165, 1.54) is 129 Å². The molecule has 0 saturated heterocycles. The molecule has 0 amide bonds. The minimum atomic E-state index is 1.22. The standard InChI is InChI=1S/C60H36S3/c1-4-10-40-28-49-31-46(16-13-43(49)25-37(40)7-1)58-55(19-22-61-58)52-34-53(56-20-23-62-59(56)47-17-14-44-26-38-8-2-5-11-41(38)29-50(44)32-47)36-54(35-52)57-21-24-63-60(57)48-18-15-45-27-39-9-3-6-12-42(39)30-51(45)33-48/h1-36H. The van der Waals surface area contributed by atoms with Gasteiger partial charge in [-0.25, -0.2) is 0 Å². The van der Waals surface area contributed by atoms with Crippen molar-refractivity contribution in [3.05, 3.63) is 216 Å². The van der Waals surface area contributed by atoms with E-state index in [0.717, 1.165) is 0 Å². The maximum Gasteiger partial charge on any atom is 0.0421 e. The molecule has 0 aliphatic carbocycles. The van der Waals surface area contributed by atoms with E-state index in [1.807, 2.05) is 34.0 Å². The lowest BCUT2D eigenvalue weighted by molar-refractivity contribution is 1.62. The van der Waals surface area contributed by atoms with E-state index < -0.39 is 0 Å². The van der Waals surface area contributed by atoms with Crippen molar-refractivity contribution in [2.75, 3.05) is 0 Å². The molecule has 0 nitrogen and oxygen atoms in total. The lowest BCUT2D eigenvalue weighted by Crippen LogP contribution is -1.88. The molecule has 13 aromatic rings. The Morgan fingerprint density at radius 1 is 0.190 bits per heavy atom. The third kappa shape index (κ3) is 6.39. The van der Waals surface area contributed by atoms with Gasteiger partial charge in [-0.2, -0.15) is 0 Å². The van der Waals surface area contributed by atoms with Crippen molar-refractivity contribution in [2.45, 2.75) is 0 Å². The topological polar surface area (TPSA) is 0 Å². The van der Waals surface area contributed by atoms with E-state index in [1.54, 1.807) is 0 Å². The Hall–Kier alpha value is -7.14. The highest BCUT2D eigenvalue weighted by molar-refractivity contribution is 7.15. The van der Waals surface area contributed by atoms with Crippen molar-refractivity contribution >= 4 is 98.6 Å². The molecule has 0 spiro atoms. The van der Waals surface area contributed by atoms with E-state index >= 15 is 0 Å². The first-order valence-electron chi connectivity index (χ1n) is 21.3. The van der Waals surface area contributed by atoms with Crippen LogP contribution in [0.3, 0.4) is 0 Å². The monoisotopic (exact) mass is 852 g/mol. The molecule has 0 aliphatic rings. The largest absolute Gasteiger partial charge is 0.143 e. The quantitative estimate of drug-likeness (QED) is 0.146. The summed E-state index contributed by atoms with van der Waals surface area (Å²) in [6.07, 6.45) is 0. The highest BCUT2D eigenvalue weighted by Gasteiger charge is 2.19. The molecule has 13 rings (SSSR count). The Morgan fingerprint density at radius 3 is 0.730 bits per heavy atom. The molecule has 0 radical (unpaired) electrons. The second-order valence-corrected chi connectivity index (χ2v) is 19.3. The number of fused-ring (bicyclic) bond motifs is 6. The maximum atomic E-state index is 2.43. The summed E-state index contributed by atoms with van der Waals surface area (Å²) in [6, 6.07) is 75.0. The molecule has 0 saturated carbocycles. The lowest BCUT2D eigenvalue weighted by atomic mass is 9.91. The van der Waals surface area contributed by atoms with Crippen molar-refractivity contribution in [3.8, 4) is 64.7 Å². The van der Waals surface area contributed by atoms with Crippen LogP contribution in [0.4, 0.5) is 0 Å². The number of hydrogen-bond donors (Lipinski definition) is 0. The van der Waals surface area contributed by atoms with Crippen LogP contribution in [0.5, 0.6) is 0 Å². The Balaban J connectivity index is 0.975. The van der Waals surface area contributed by atoms with Crippen molar-refractivity contribution in [2.24, 2.45) is 0 Å². The van der Waals surface area contributed by atoms with Crippen LogP contribution in [0.1, 0.15) is 0 Å². The van der Waals surface area contributed by atoms with Gasteiger partial charge in [0.15, 0.2) is 0 Å².